The van der Waals surface area contributed by atoms with Gasteiger partial charge in [-0.05, 0) is 56.3 Å². The molecule has 1 aromatic rings. The quantitative estimate of drug-likeness (QED) is 0.368. The third-order valence-electron chi connectivity index (χ3n) is 2.07. The van der Waals surface area contributed by atoms with E-state index in [0.717, 1.165) is 26.8 Å². The van der Waals surface area contributed by atoms with Gasteiger partial charge in [0.15, 0.2) is 0 Å². The van der Waals surface area contributed by atoms with Gasteiger partial charge >= 0.3 is 0 Å². The molecular formula is C10H12Br2N2S. The fourth-order valence-electron chi connectivity index (χ4n) is 1.33. The van der Waals surface area contributed by atoms with Crippen molar-refractivity contribution in [3.05, 3.63) is 19.2 Å². The first-order valence-corrected chi connectivity index (χ1v) is 6.93. The molecule has 15 heavy (non-hydrogen) atoms. The van der Waals surface area contributed by atoms with Gasteiger partial charge in [0.05, 0.1) is 7.57 Å². The van der Waals surface area contributed by atoms with Gasteiger partial charge in [-0.1, -0.05) is 0 Å². The molecule has 0 aliphatic carbocycles. The standard InChI is InChI=1S/C10H12Br2N2S/c1-2-3-4-5-8(14-13)7-6-9(11)15-10(7)12/h1,6,8,14H,3-5,13H2. The van der Waals surface area contributed by atoms with Crippen molar-refractivity contribution in [2.75, 3.05) is 0 Å². The number of unbranched alkanes of at least 4 members (excludes halogenated alkanes) is 1. The van der Waals surface area contributed by atoms with Crippen LogP contribution in [-0.4, -0.2) is 0 Å². The van der Waals surface area contributed by atoms with Crippen molar-refractivity contribution in [1.82, 2.24) is 5.43 Å². The van der Waals surface area contributed by atoms with Crippen LogP contribution in [0.1, 0.15) is 30.9 Å². The van der Waals surface area contributed by atoms with E-state index in [1.165, 1.54) is 5.56 Å². The molecule has 0 aliphatic rings. The van der Waals surface area contributed by atoms with Crippen LogP contribution in [0.5, 0.6) is 0 Å². The Balaban J connectivity index is 2.66. The van der Waals surface area contributed by atoms with Crippen LogP contribution in [0.15, 0.2) is 13.6 Å². The monoisotopic (exact) mass is 350 g/mol. The van der Waals surface area contributed by atoms with E-state index in [9.17, 15) is 0 Å². The summed E-state index contributed by atoms with van der Waals surface area (Å²) < 4.78 is 2.21. The molecule has 5 heteroatoms. The van der Waals surface area contributed by atoms with Crippen LogP contribution >= 0.6 is 43.2 Å². The second kappa shape index (κ2) is 6.66. The fourth-order valence-corrected chi connectivity index (χ4v) is 4.30. The van der Waals surface area contributed by atoms with Gasteiger partial charge in [-0.25, -0.2) is 0 Å². The van der Waals surface area contributed by atoms with Gasteiger partial charge in [-0.2, -0.15) is 0 Å². The predicted molar refractivity (Wildman–Crippen MR) is 72.5 cm³/mol. The van der Waals surface area contributed by atoms with Crippen molar-refractivity contribution in [2.45, 2.75) is 25.3 Å². The lowest BCUT2D eigenvalue weighted by Gasteiger charge is -2.14. The molecule has 1 aromatic heterocycles. The van der Waals surface area contributed by atoms with E-state index >= 15 is 0 Å². The van der Waals surface area contributed by atoms with Crippen molar-refractivity contribution < 1.29 is 0 Å². The summed E-state index contributed by atoms with van der Waals surface area (Å²) in [5.74, 6) is 8.16. The first kappa shape index (κ1) is 13.2. The van der Waals surface area contributed by atoms with E-state index in [-0.39, 0.29) is 6.04 Å². The number of hydrogen-bond donors (Lipinski definition) is 2. The Labute approximate surface area is 111 Å². The van der Waals surface area contributed by atoms with Crippen LogP contribution in [0, 0.1) is 12.3 Å². The van der Waals surface area contributed by atoms with Gasteiger partial charge in [0, 0.05) is 12.5 Å². The highest BCUT2D eigenvalue weighted by atomic mass is 79.9. The van der Waals surface area contributed by atoms with Gasteiger partial charge in [0.2, 0.25) is 0 Å². The van der Waals surface area contributed by atoms with Gasteiger partial charge in [-0.15, -0.1) is 23.7 Å². The second-order valence-electron chi connectivity index (χ2n) is 3.10. The molecule has 3 N–H and O–H groups in total. The van der Waals surface area contributed by atoms with Crippen molar-refractivity contribution in [1.29, 1.82) is 0 Å². The van der Waals surface area contributed by atoms with Crippen LogP contribution in [0.4, 0.5) is 0 Å². The third kappa shape index (κ3) is 3.89. The first-order valence-electron chi connectivity index (χ1n) is 4.53. The minimum absolute atomic E-state index is 0.162. The molecule has 0 spiro atoms. The van der Waals surface area contributed by atoms with Crippen molar-refractivity contribution in [3.8, 4) is 12.3 Å². The average molecular weight is 352 g/mol. The zero-order chi connectivity index (χ0) is 11.3. The number of rotatable bonds is 5. The second-order valence-corrected chi connectivity index (χ2v) is 6.84. The molecule has 1 heterocycles. The maximum atomic E-state index is 5.53. The number of halogens is 2. The minimum Gasteiger partial charge on any atom is -0.271 e. The number of thiophene rings is 1. The molecule has 0 aromatic carbocycles. The van der Waals surface area contributed by atoms with Crippen molar-refractivity contribution >= 4 is 43.2 Å². The Kier molecular flexibility index (Phi) is 5.87. The number of hydrogen-bond acceptors (Lipinski definition) is 3. The van der Waals surface area contributed by atoms with Gasteiger partial charge in [0.1, 0.15) is 0 Å². The summed E-state index contributed by atoms with van der Waals surface area (Å²) in [7, 11) is 0. The molecule has 0 radical (unpaired) electrons. The summed E-state index contributed by atoms with van der Waals surface area (Å²) in [6.45, 7) is 0. The normalized spacial score (nSPS) is 12.4. The zero-order valence-electron chi connectivity index (χ0n) is 8.09. The van der Waals surface area contributed by atoms with E-state index in [4.69, 9.17) is 12.3 Å². The highest BCUT2D eigenvalue weighted by molar-refractivity contribution is 9.12. The Hall–Kier alpha value is 0.140. The molecule has 0 saturated heterocycles. The van der Waals surface area contributed by atoms with E-state index in [0.29, 0.717) is 0 Å². The summed E-state index contributed by atoms with van der Waals surface area (Å²) in [6.07, 6.45) is 7.93. The topological polar surface area (TPSA) is 38.0 Å². The maximum Gasteiger partial charge on any atom is 0.0758 e. The van der Waals surface area contributed by atoms with E-state index in [1.54, 1.807) is 11.3 Å². The number of nitrogens with two attached hydrogens (primary N) is 1. The van der Waals surface area contributed by atoms with E-state index in [2.05, 4.69) is 49.3 Å². The number of hydrazine groups is 1. The van der Waals surface area contributed by atoms with Gasteiger partial charge < -0.3 is 0 Å². The molecule has 82 valence electrons. The number of nitrogens with one attached hydrogen (secondary N) is 1. The Morgan fingerprint density at radius 1 is 1.60 bits per heavy atom. The predicted octanol–water partition coefficient (Wildman–Crippen LogP) is 3.58. The molecule has 1 rings (SSSR count). The molecule has 0 amide bonds. The lowest BCUT2D eigenvalue weighted by Crippen LogP contribution is -2.27. The molecular weight excluding hydrogens is 340 g/mol. The summed E-state index contributed by atoms with van der Waals surface area (Å²) in [5, 5.41) is 0. The SMILES string of the molecule is C#CCCCC(NN)c1cc(Br)sc1Br. The summed E-state index contributed by atoms with van der Waals surface area (Å²) >= 11 is 8.62. The van der Waals surface area contributed by atoms with Crippen molar-refractivity contribution in [3.63, 3.8) is 0 Å². The average Bonchev–Trinajstić information content (AvgIpc) is 2.53. The third-order valence-corrected chi connectivity index (χ3v) is 4.46. The van der Waals surface area contributed by atoms with Gasteiger partial charge in [0.25, 0.3) is 0 Å². The van der Waals surface area contributed by atoms with Crippen LogP contribution in [0.3, 0.4) is 0 Å². The lowest BCUT2D eigenvalue weighted by molar-refractivity contribution is 0.502. The van der Waals surface area contributed by atoms with Crippen LogP contribution in [0.2, 0.25) is 0 Å². The Morgan fingerprint density at radius 3 is 2.80 bits per heavy atom. The Bertz CT molecular complexity index is 357. The summed E-state index contributed by atoms with van der Waals surface area (Å²) in [4.78, 5) is 0. The van der Waals surface area contributed by atoms with Crippen LogP contribution in [-0.2, 0) is 0 Å². The largest absolute Gasteiger partial charge is 0.271 e. The lowest BCUT2D eigenvalue weighted by atomic mass is 10.1. The zero-order valence-corrected chi connectivity index (χ0v) is 12.1. The van der Waals surface area contributed by atoms with Crippen LogP contribution < -0.4 is 11.3 Å². The summed E-state index contributed by atoms with van der Waals surface area (Å²) in [6, 6.07) is 2.24. The molecule has 1 unspecified atom stereocenters. The molecule has 2 nitrogen and oxygen atoms in total. The first-order chi connectivity index (χ1) is 7.19. The minimum atomic E-state index is 0.162. The Morgan fingerprint density at radius 2 is 2.33 bits per heavy atom. The molecule has 0 fully saturated rings. The van der Waals surface area contributed by atoms with E-state index in [1.807, 2.05) is 0 Å². The molecule has 0 bridgehead atoms. The van der Waals surface area contributed by atoms with E-state index < -0.39 is 0 Å². The fraction of sp³-hybridized carbons (Fsp3) is 0.400. The highest BCUT2D eigenvalue weighted by Gasteiger charge is 2.15. The van der Waals surface area contributed by atoms with Crippen molar-refractivity contribution in [2.24, 2.45) is 5.84 Å². The molecule has 1 atom stereocenters. The molecule has 0 aliphatic heterocycles. The highest BCUT2D eigenvalue weighted by Crippen LogP contribution is 2.36. The smallest absolute Gasteiger partial charge is 0.0758 e. The maximum absolute atomic E-state index is 5.53. The number of terminal acetylenes is 1. The summed E-state index contributed by atoms with van der Waals surface area (Å²) in [5.41, 5.74) is 4.01. The van der Waals surface area contributed by atoms with Crippen LogP contribution in [0.25, 0.3) is 0 Å². The molecule has 0 saturated carbocycles. The van der Waals surface area contributed by atoms with Gasteiger partial charge in [-0.3, -0.25) is 11.3 Å².